The molecule has 3 heterocycles. The minimum absolute atomic E-state index is 0.289. The number of aromatic nitrogens is 1. The maximum Gasteiger partial charge on any atom is 0.213 e. The monoisotopic (exact) mass is 270 g/mol. The Hall–Kier alpha value is -1.81. The van der Waals surface area contributed by atoms with Gasteiger partial charge in [0.05, 0.1) is 12.5 Å². The summed E-state index contributed by atoms with van der Waals surface area (Å²) in [5.41, 5.74) is 1.24. The van der Waals surface area contributed by atoms with E-state index in [4.69, 9.17) is 9.15 Å². The number of nitrogens with zero attached hydrogens (tertiary/aromatic N) is 2. The van der Waals surface area contributed by atoms with E-state index in [9.17, 15) is 0 Å². The number of likely N-dealkylation sites (tertiary alicyclic amines) is 1. The fourth-order valence-corrected chi connectivity index (χ4v) is 3.58. The van der Waals surface area contributed by atoms with Gasteiger partial charge in [0.2, 0.25) is 5.88 Å². The summed E-state index contributed by atoms with van der Waals surface area (Å²) in [6.45, 7) is 2.08. The molecular weight excluding hydrogens is 252 g/mol. The molecule has 1 saturated carbocycles. The quantitative estimate of drug-likeness (QED) is 0.856. The summed E-state index contributed by atoms with van der Waals surface area (Å²) in [5, 5.41) is 0. The molecule has 0 N–H and O–H groups in total. The number of piperidine rings is 1. The molecule has 1 saturated heterocycles. The van der Waals surface area contributed by atoms with Gasteiger partial charge in [-0.1, -0.05) is 6.07 Å². The Morgan fingerprint density at radius 2 is 2.30 bits per heavy atom. The van der Waals surface area contributed by atoms with E-state index in [1.807, 2.05) is 30.5 Å². The average molecular weight is 270 g/mol. The molecule has 4 rings (SSSR count). The highest BCUT2D eigenvalue weighted by Gasteiger charge is 2.48. The molecule has 0 aromatic carbocycles. The first-order valence-electron chi connectivity index (χ1n) is 7.23. The molecular formula is C16H18N2O2. The van der Waals surface area contributed by atoms with Gasteiger partial charge >= 0.3 is 0 Å². The normalized spacial score (nSPS) is 28.9. The van der Waals surface area contributed by atoms with E-state index in [-0.39, 0.29) is 6.10 Å². The van der Waals surface area contributed by atoms with Crippen molar-refractivity contribution in [3.8, 4) is 5.88 Å². The Bertz CT molecular complexity index is 555. The van der Waals surface area contributed by atoms with E-state index in [0.717, 1.165) is 19.0 Å². The van der Waals surface area contributed by atoms with Crippen LogP contribution in [0.3, 0.4) is 0 Å². The molecule has 0 spiro atoms. The van der Waals surface area contributed by atoms with Crippen LogP contribution in [-0.2, 0) is 6.54 Å². The largest absolute Gasteiger partial charge is 0.472 e. The zero-order valence-corrected chi connectivity index (χ0v) is 11.3. The maximum absolute atomic E-state index is 6.14. The van der Waals surface area contributed by atoms with Gasteiger partial charge in [-0.25, -0.2) is 4.98 Å². The number of hydrogen-bond acceptors (Lipinski definition) is 4. The lowest BCUT2D eigenvalue weighted by molar-refractivity contribution is 0.136. The highest BCUT2D eigenvalue weighted by atomic mass is 16.5. The third-order valence-corrected chi connectivity index (χ3v) is 4.48. The molecule has 20 heavy (non-hydrogen) atoms. The van der Waals surface area contributed by atoms with Crippen molar-refractivity contribution in [1.29, 1.82) is 0 Å². The lowest BCUT2D eigenvalue weighted by Gasteiger charge is -2.26. The zero-order valence-electron chi connectivity index (χ0n) is 11.3. The molecule has 1 aliphatic heterocycles. The van der Waals surface area contributed by atoms with E-state index in [1.165, 1.54) is 18.4 Å². The van der Waals surface area contributed by atoms with Gasteiger partial charge in [-0.15, -0.1) is 0 Å². The number of furan rings is 1. The molecule has 1 aliphatic carbocycles. The van der Waals surface area contributed by atoms with Crippen molar-refractivity contribution in [2.75, 3.05) is 6.54 Å². The van der Waals surface area contributed by atoms with E-state index in [0.29, 0.717) is 12.0 Å². The van der Waals surface area contributed by atoms with Crippen LogP contribution in [0.15, 0.2) is 47.4 Å². The summed E-state index contributed by atoms with van der Waals surface area (Å²) in [4.78, 5) is 6.80. The molecule has 0 radical (unpaired) electrons. The topological polar surface area (TPSA) is 38.5 Å². The van der Waals surface area contributed by atoms with Crippen molar-refractivity contribution in [2.24, 2.45) is 5.92 Å². The summed E-state index contributed by atoms with van der Waals surface area (Å²) >= 11 is 0. The minimum Gasteiger partial charge on any atom is -0.472 e. The second kappa shape index (κ2) is 4.94. The van der Waals surface area contributed by atoms with Crippen LogP contribution in [0, 0.1) is 5.92 Å². The van der Waals surface area contributed by atoms with Crippen molar-refractivity contribution >= 4 is 0 Å². The number of hydrogen-bond donors (Lipinski definition) is 0. The van der Waals surface area contributed by atoms with Crippen molar-refractivity contribution < 1.29 is 9.15 Å². The predicted octanol–water partition coefficient (Wildman–Crippen LogP) is 2.72. The van der Waals surface area contributed by atoms with Gasteiger partial charge in [0.15, 0.2) is 0 Å². The van der Waals surface area contributed by atoms with Gasteiger partial charge in [-0.05, 0) is 25.0 Å². The Labute approximate surface area is 118 Å². The molecule has 0 unspecified atom stereocenters. The fourth-order valence-electron chi connectivity index (χ4n) is 3.58. The molecule has 2 bridgehead atoms. The Morgan fingerprint density at radius 3 is 3.10 bits per heavy atom. The van der Waals surface area contributed by atoms with Crippen LogP contribution in [0.2, 0.25) is 0 Å². The average Bonchev–Trinajstić information content (AvgIpc) is 3.18. The van der Waals surface area contributed by atoms with Crippen LogP contribution in [-0.4, -0.2) is 28.6 Å². The number of pyridine rings is 1. The van der Waals surface area contributed by atoms with Crippen LogP contribution < -0.4 is 4.74 Å². The second-order valence-corrected chi connectivity index (χ2v) is 5.72. The van der Waals surface area contributed by atoms with E-state index < -0.39 is 0 Å². The van der Waals surface area contributed by atoms with Crippen molar-refractivity contribution in [3.05, 3.63) is 48.6 Å². The number of fused-ring (bicyclic) bond motifs is 2. The van der Waals surface area contributed by atoms with E-state index >= 15 is 0 Å². The summed E-state index contributed by atoms with van der Waals surface area (Å²) in [6.07, 6.45) is 8.14. The van der Waals surface area contributed by atoms with Crippen molar-refractivity contribution in [3.63, 3.8) is 0 Å². The summed E-state index contributed by atoms with van der Waals surface area (Å²) < 4.78 is 11.3. The molecule has 104 valence electrons. The molecule has 0 amide bonds. The third-order valence-electron chi connectivity index (χ3n) is 4.48. The predicted molar refractivity (Wildman–Crippen MR) is 74.3 cm³/mol. The van der Waals surface area contributed by atoms with Gasteiger partial charge in [-0.2, -0.15) is 0 Å². The molecule has 4 heteroatoms. The number of ether oxygens (including phenoxy) is 1. The summed E-state index contributed by atoms with van der Waals surface area (Å²) in [6, 6.07) is 8.39. The molecule has 3 atom stereocenters. The van der Waals surface area contributed by atoms with E-state index in [1.54, 1.807) is 12.5 Å². The Morgan fingerprint density at radius 1 is 1.30 bits per heavy atom. The lowest BCUT2D eigenvalue weighted by Crippen LogP contribution is -2.35. The zero-order chi connectivity index (χ0) is 13.4. The summed E-state index contributed by atoms with van der Waals surface area (Å²) in [7, 11) is 0. The third kappa shape index (κ3) is 2.10. The SMILES string of the molecule is c1ccc(O[C@@H]2[C@H]3CC[C@H]2N(Cc2ccoc2)C3)nc1. The Balaban J connectivity index is 1.47. The van der Waals surface area contributed by atoms with Crippen LogP contribution >= 0.6 is 0 Å². The highest BCUT2D eigenvalue weighted by molar-refractivity contribution is 5.14. The fraction of sp³-hybridized carbons (Fsp3) is 0.438. The van der Waals surface area contributed by atoms with Gasteiger partial charge in [0.25, 0.3) is 0 Å². The van der Waals surface area contributed by atoms with Crippen LogP contribution in [0.4, 0.5) is 0 Å². The maximum atomic E-state index is 6.14. The van der Waals surface area contributed by atoms with Gasteiger partial charge in [0.1, 0.15) is 6.10 Å². The second-order valence-electron chi connectivity index (χ2n) is 5.72. The van der Waals surface area contributed by atoms with Gasteiger partial charge < -0.3 is 9.15 Å². The van der Waals surface area contributed by atoms with Gasteiger partial charge in [0, 0.05) is 42.9 Å². The van der Waals surface area contributed by atoms with Crippen LogP contribution in [0.25, 0.3) is 0 Å². The first-order chi connectivity index (χ1) is 9.90. The molecule has 2 aromatic heterocycles. The lowest BCUT2D eigenvalue weighted by atomic mass is 10.1. The highest BCUT2D eigenvalue weighted by Crippen LogP contribution is 2.40. The number of rotatable bonds is 4. The molecule has 2 aliphatic rings. The van der Waals surface area contributed by atoms with Gasteiger partial charge in [-0.3, -0.25) is 4.90 Å². The van der Waals surface area contributed by atoms with Crippen molar-refractivity contribution in [1.82, 2.24) is 9.88 Å². The van der Waals surface area contributed by atoms with Crippen molar-refractivity contribution in [2.45, 2.75) is 31.5 Å². The Kier molecular flexibility index (Phi) is 2.96. The smallest absolute Gasteiger partial charge is 0.213 e. The molecule has 2 fully saturated rings. The minimum atomic E-state index is 0.289. The standard InChI is InChI=1S/C16H18N2O2/c1-2-7-17-15(3-1)20-16-13-4-5-14(16)18(10-13)9-12-6-8-19-11-12/h1-3,6-8,11,13-14,16H,4-5,9-10H2/t13-,14+,16+/m0/s1. The first kappa shape index (κ1) is 12.0. The van der Waals surface area contributed by atoms with E-state index in [2.05, 4.69) is 9.88 Å². The van der Waals surface area contributed by atoms with Crippen LogP contribution in [0.5, 0.6) is 5.88 Å². The first-order valence-corrected chi connectivity index (χ1v) is 7.23. The molecule has 4 nitrogen and oxygen atoms in total. The molecule has 2 aromatic rings. The van der Waals surface area contributed by atoms with Crippen LogP contribution in [0.1, 0.15) is 18.4 Å². The summed E-state index contributed by atoms with van der Waals surface area (Å²) in [5.74, 6) is 1.38.